The molecule has 0 amide bonds. The highest BCUT2D eigenvalue weighted by molar-refractivity contribution is 5.75. The number of hydrogen-bond acceptors (Lipinski definition) is 1. The van der Waals surface area contributed by atoms with Gasteiger partial charge in [0.05, 0.1) is 5.92 Å². The van der Waals surface area contributed by atoms with Crippen molar-refractivity contribution in [3.05, 3.63) is 0 Å². The first-order valence-electron chi connectivity index (χ1n) is 5.98. The maximum atomic E-state index is 11.1. The predicted molar refractivity (Wildman–Crippen MR) is 59.5 cm³/mol. The molecule has 0 aromatic carbocycles. The first-order valence-corrected chi connectivity index (χ1v) is 5.98. The first kappa shape index (κ1) is 11.0. The van der Waals surface area contributed by atoms with Crippen molar-refractivity contribution in [1.82, 2.24) is 0 Å². The molecule has 2 aliphatic rings. The maximum absolute atomic E-state index is 11.1. The molecule has 0 aromatic rings. The van der Waals surface area contributed by atoms with Gasteiger partial charge in [-0.05, 0) is 41.9 Å². The van der Waals surface area contributed by atoms with Gasteiger partial charge in [0.2, 0.25) is 0 Å². The van der Waals surface area contributed by atoms with Crippen molar-refractivity contribution in [3.63, 3.8) is 0 Å². The minimum atomic E-state index is -0.588. The van der Waals surface area contributed by atoms with Crippen LogP contribution in [0.15, 0.2) is 0 Å². The Morgan fingerprint density at radius 3 is 2.20 bits per heavy atom. The molecule has 0 radical (unpaired) electrons. The summed E-state index contributed by atoms with van der Waals surface area (Å²) in [5.41, 5.74) is 0.476. The molecule has 1 unspecified atom stereocenters. The van der Waals surface area contributed by atoms with Crippen LogP contribution in [0.1, 0.15) is 47.0 Å². The topological polar surface area (TPSA) is 37.3 Å². The highest BCUT2D eigenvalue weighted by Crippen LogP contribution is 2.66. The average molecular weight is 210 g/mol. The average Bonchev–Trinajstić information content (AvgIpc) is 2.43. The van der Waals surface area contributed by atoms with Gasteiger partial charge >= 0.3 is 5.97 Å². The fourth-order valence-corrected chi connectivity index (χ4v) is 3.83. The van der Waals surface area contributed by atoms with Gasteiger partial charge in [-0.15, -0.1) is 0 Å². The lowest BCUT2D eigenvalue weighted by molar-refractivity contribution is -0.139. The number of hydrogen-bond donors (Lipinski definition) is 1. The molecule has 0 spiro atoms. The second-order valence-corrected chi connectivity index (χ2v) is 6.83. The summed E-state index contributed by atoms with van der Waals surface area (Å²) in [4.78, 5) is 11.1. The zero-order valence-electron chi connectivity index (χ0n) is 10.2. The third-order valence-electron chi connectivity index (χ3n) is 4.69. The molecule has 2 nitrogen and oxygen atoms in total. The number of carboxylic acid groups (broad SMARTS) is 1. The largest absolute Gasteiger partial charge is 0.481 e. The summed E-state index contributed by atoms with van der Waals surface area (Å²) >= 11 is 0. The smallest absolute Gasteiger partial charge is 0.307 e. The summed E-state index contributed by atoms with van der Waals surface area (Å²) in [5.74, 6) is 0.402. The molecular weight excluding hydrogens is 188 g/mol. The highest BCUT2D eigenvalue weighted by atomic mass is 16.4. The fourth-order valence-electron chi connectivity index (χ4n) is 3.83. The summed E-state index contributed by atoms with van der Waals surface area (Å²) in [6.07, 6.45) is 3.70. The molecule has 15 heavy (non-hydrogen) atoms. The Balaban J connectivity index is 2.06. The number of rotatable bonds is 2. The summed E-state index contributed by atoms with van der Waals surface area (Å²) in [5, 5.41) is 9.15. The van der Waals surface area contributed by atoms with Crippen LogP contribution in [-0.4, -0.2) is 11.1 Å². The van der Waals surface area contributed by atoms with Crippen LogP contribution < -0.4 is 0 Å². The maximum Gasteiger partial charge on any atom is 0.307 e. The fraction of sp³-hybridized carbons (Fsp3) is 0.923. The van der Waals surface area contributed by atoms with E-state index in [-0.39, 0.29) is 11.3 Å². The molecule has 0 aliphatic heterocycles. The van der Waals surface area contributed by atoms with E-state index in [0.717, 1.165) is 0 Å². The zero-order chi connectivity index (χ0) is 11.4. The Bertz CT molecular complexity index is 291. The molecule has 2 fully saturated rings. The lowest BCUT2D eigenvalue weighted by atomic mass is 9.88. The number of carboxylic acids is 1. The van der Waals surface area contributed by atoms with Crippen LogP contribution >= 0.6 is 0 Å². The molecular formula is C13H22O2. The zero-order valence-corrected chi connectivity index (χ0v) is 10.2. The summed E-state index contributed by atoms with van der Waals surface area (Å²) in [6.45, 7) is 8.83. The lowest BCUT2D eigenvalue weighted by Crippen LogP contribution is -2.09. The Kier molecular flexibility index (Phi) is 2.19. The highest BCUT2D eigenvalue weighted by Gasteiger charge is 2.65. The second-order valence-electron chi connectivity index (χ2n) is 6.83. The van der Waals surface area contributed by atoms with Crippen LogP contribution in [0, 0.1) is 28.6 Å². The third kappa shape index (κ3) is 1.68. The van der Waals surface area contributed by atoms with E-state index in [9.17, 15) is 4.79 Å². The lowest BCUT2D eigenvalue weighted by Gasteiger charge is -2.17. The van der Waals surface area contributed by atoms with Gasteiger partial charge in [-0.25, -0.2) is 0 Å². The van der Waals surface area contributed by atoms with Crippen molar-refractivity contribution in [1.29, 1.82) is 0 Å². The van der Waals surface area contributed by atoms with E-state index in [0.29, 0.717) is 17.3 Å². The minimum Gasteiger partial charge on any atom is -0.481 e. The molecule has 3 atom stereocenters. The second kappa shape index (κ2) is 2.99. The van der Waals surface area contributed by atoms with Gasteiger partial charge in [-0.2, -0.15) is 0 Å². The van der Waals surface area contributed by atoms with Gasteiger partial charge in [-0.3, -0.25) is 4.79 Å². The van der Waals surface area contributed by atoms with E-state index in [1.54, 1.807) is 0 Å². The molecule has 0 saturated heterocycles. The van der Waals surface area contributed by atoms with Gasteiger partial charge in [-0.1, -0.05) is 27.7 Å². The van der Waals surface area contributed by atoms with E-state index in [1.165, 1.54) is 19.3 Å². The summed E-state index contributed by atoms with van der Waals surface area (Å²) < 4.78 is 0. The van der Waals surface area contributed by atoms with E-state index in [1.807, 2.05) is 0 Å². The summed E-state index contributed by atoms with van der Waals surface area (Å²) in [7, 11) is 0. The van der Waals surface area contributed by atoms with E-state index in [2.05, 4.69) is 27.7 Å². The predicted octanol–water partition coefficient (Wildman–Crippen LogP) is 3.17. The standard InChI is InChI=1S/C13H22O2/c1-12(2)6-5-8(7-12)9-10(11(14)15)13(9,3)4/h8-10H,5-7H2,1-4H3,(H,14,15)/t8?,9-,10+/m1/s1. The SMILES string of the molecule is CC1(C)CCC([C@@H]2[C@@H](C(=O)O)C2(C)C)C1. The van der Waals surface area contributed by atoms with Crippen molar-refractivity contribution in [3.8, 4) is 0 Å². The van der Waals surface area contributed by atoms with Crippen LogP contribution in [0.5, 0.6) is 0 Å². The Hall–Kier alpha value is -0.530. The van der Waals surface area contributed by atoms with Gasteiger partial charge in [0.25, 0.3) is 0 Å². The van der Waals surface area contributed by atoms with Crippen LogP contribution in [0.25, 0.3) is 0 Å². The quantitative estimate of drug-likeness (QED) is 0.760. The van der Waals surface area contributed by atoms with Crippen molar-refractivity contribution in [2.45, 2.75) is 47.0 Å². The molecule has 0 aromatic heterocycles. The first-order chi connectivity index (χ1) is 6.76. The molecule has 2 aliphatic carbocycles. The van der Waals surface area contributed by atoms with Gasteiger partial charge in [0.1, 0.15) is 0 Å². The normalized spacial score (nSPS) is 41.5. The van der Waals surface area contributed by atoms with Crippen molar-refractivity contribution in [2.24, 2.45) is 28.6 Å². The summed E-state index contributed by atoms with van der Waals surface area (Å²) in [6, 6.07) is 0. The third-order valence-corrected chi connectivity index (χ3v) is 4.69. The van der Waals surface area contributed by atoms with E-state index >= 15 is 0 Å². The molecule has 2 saturated carbocycles. The molecule has 2 heteroatoms. The Morgan fingerprint density at radius 2 is 1.87 bits per heavy atom. The van der Waals surface area contributed by atoms with E-state index in [4.69, 9.17) is 5.11 Å². The monoisotopic (exact) mass is 210 g/mol. The van der Waals surface area contributed by atoms with Crippen LogP contribution in [0.4, 0.5) is 0 Å². The van der Waals surface area contributed by atoms with Crippen molar-refractivity contribution in [2.75, 3.05) is 0 Å². The van der Waals surface area contributed by atoms with Crippen LogP contribution in [0.2, 0.25) is 0 Å². The number of carbonyl (C=O) groups is 1. The molecule has 86 valence electrons. The Morgan fingerprint density at radius 1 is 1.27 bits per heavy atom. The van der Waals surface area contributed by atoms with Crippen LogP contribution in [0.3, 0.4) is 0 Å². The van der Waals surface area contributed by atoms with Crippen molar-refractivity contribution >= 4 is 5.97 Å². The van der Waals surface area contributed by atoms with Crippen molar-refractivity contribution < 1.29 is 9.90 Å². The Labute approximate surface area is 92.1 Å². The minimum absolute atomic E-state index is 0.0386. The van der Waals surface area contributed by atoms with Gasteiger partial charge in [0.15, 0.2) is 0 Å². The molecule has 1 N–H and O–H groups in total. The van der Waals surface area contributed by atoms with Gasteiger partial charge in [0, 0.05) is 0 Å². The molecule has 0 heterocycles. The van der Waals surface area contributed by atoms with E-state index < -0.39 is 5.97 Å². The number of aliphatic carboxylic acids is 1. The molecule has 0 bridgehead atoms. The van der Waals surface area contributed by atoms with Gasteiger partial charge < -0.3 is 5.11 Å². The molecule has 2 rings (SSSR count). The van der Waals surface area contributed by atoms with Crippen LogP contribution in [-0.2, 0) is 4.79 Å².